The number of sulfone groups is 1. The van der Waals surface area contributed by atoms with Gasteiger partial charge < -0.3 is 4.74 Å². The molecule has 240 valence electrons. The van der Waals surface area contributed by atoms with E-state index in [9.17, 15) is 31.2 Å². The van der Waals surface area contributed by atoms with Crippen LogP contribution in [0.2, 0.25) is 10.0 Å². The lowest BCUT2D eigenvalue weighted by molar-refractivity contribution is -0.143. The summed E-state index contributed by atoms with van der Waals surface area (Å²) in [7, 11) is -1.98. The van der Waals surface area contributed by atoms with Gasteiger partial charge in [-0.3, -0.25) is 9.59 Å². The fourth-order valence-electron chi connectivity index (χ4n) is 4.23. The van der Waals surface area contributed by atoms with Gasteiger partial charge in [0.25, 0.3) is 11.1 Å². The Labute approximate surface area is 271 Å². The molecule has 2 heterocycles. The van der Waals surface area contributed by atoms with Crippen molar-refractivity contribution in [2.45, 2.75) is 24.2 Å². The molecule has 3 aromatic carbocycles. The van der Waals surface area contributed by atoms with Gasteiger partial charge >= 0.3 is 6.18 Å². The topological polar surface area (TPSA) is 113 Å². The fourth-order valence-corrected chi connectivity index (χ4v) is 5.21. The monoisotopic (exact) mass is 692 g/mol. The molecule has 46 heavy (non-hydrogen) atoms. The number of hydrogen-bond acceptors (Lipinski definition) is 7. The lowest BCUT2D eigenvalue weighted by Gasteiger charge is -2.14. The van der Waals surface area contributed by atoms with Crippen LogP contribution in [-0.2, 0) is 22.9 Å². The lowest BCUT2D eigenvalue weighted by Crippen LogP contribution is -2.31. The summed E-state index contributed by atoms with van der Waals surface area (Å²) < 4.78 is 68.3. The zero-order chi connectivity index (χ0) is 33.6. The third-order valence-corrected chi connectivity index (χ3v) is 8.18. The van der Waals surface area contributed by atoms with Gasteiger partial charge in [0.15, 0.2) is 20.6 Å². The first kappa shape index (κ1) is 34.4. The van der Waals surface area contributed by atoms with Crippen molar-refractivity contribution in [2.75, 3.05) is 13.4 Å². The zero-order valence-corrected chi connectivity index (χ0v) is 26.5. The van der Waals surface area contributed by atoms with Crippen molar-refractivity contribution in [2.24, 2.45) is 0 Å². The van der Waals surface area contributed by atoms with Gasteiger partial charge in [-0.05, 0) is 41.0 Å². The van der Waals surface area contributed by atoms with Crippen molar-refractivity contribution in [3.8, 4) is 28.0 Å². The molecule has 15 heteroatoms. The Morgan fingerprint density at radius 1 is 0.804 bits per heavy atom. The van der Waals surface area contributed by atoms with E-state index in [0.29, 0.717) is 33.1 Å². The summed E-state index contributed by atoms with van der Waals surface area (Å²) in [6.45, 7) is -1.14. The van der Waals surface area contributed by atoms with Crippen LogP contribution in [0.15, 0.2) is 106 Å². The number of methoxy groups -OCH3 is 1. The molecule has 0 aliphatic carbocycles. The molecule has 0 N–H and O–H groups in total. The summed E-state index contributed by atoms with van der Waals surface area (Å²) in [6.07, 6.45) is -0.965. The standard InChI is InChI=1S/C19H14ClF3N2O3S.C12H11ClN2O2/c1-29(27,28)15-8-4-12(5-9-15)16-10-24-25(11-19(21,22)23)18(26)17(16)13-2-6-14(20)7-3-13;1-17-10-7-14-15(12(16)11(10)13)8-9-5-3-2-4-6-9/h2-10H,11H2,1H3;2-7H,8H2,1H3. The second kappa shape index (κ2) is 14.3. The van der Waals surface area contributed by atoms with Crippen LogP contribution < -0.4 is 15.9 Å². The Kier molecular flexibility index (Phi) is 10.7. The van der Waals surface area contributed by atoms with E-state index in [4.69, 9.17) is 27.9 Å². The molecule has 0 unspecified atom stereocenters. The molecule has 5 aromatic rings. The third-order valence-electron chi connectivity index (χ3n) is 6.45. The van der Waals surface area contributed by atoms with Gasteiger partial charge in [0.05, 0.1) is 36.5 Å². The quantitative estimate of drug-likeness (QED) is 0.201. The summed E-state index contributed by atoms with van der Waals surface area (Å²) in [4.78, 5) is 24.7. The van der Waals surface area contributed by atoms with Gasteiger partial charge in [-0.25, -0.2) is 17.8 Å². The minimum absolute atomic E-state index is 0.00743. The number of rotatable bonds is 7. The molecule has 2 aromatic heterocycles. The Morgan fingerprint density at radius 3 is 1.96 bits per heavy atom. The highest BCUT2D eigenvalue weighted by Gasteiger charge is 2.30. The SMILES string of the molecule is COc1cnn(Cc2ccccc2)c(=O)c1Cl.CS(=O)(=O)c1ccc(-c2cnn(CC(F)(F)F)c(=O)c2-c2ccc(Cl)cc2)cc1. The predicted molar refractivity (Wildman–Crippen MR) is 169 cm³/mol. The summed E-state index contributed by atoms with van der Waals surface area (Å²) in [5.74, 6) is 0.293. The van der Waals surface area contributed by atoms with E-state index < -0.39 is 28.1 Å². The van der Waals surface area contributed by atoms with Crippen LogP contribution in [0, 0.1) is 0 Å². The fraction of sp³-hybridized carbons (Fsp3) is 0.161. The first-order chi connectivity index (χ1) is 21.7. The number of ether oxygens (including phenoxy) is 1. The zero-order valence-electron chi connectivity index (χ0n) is 24.2. The van der Waals surface area contributed by atoms with Crippen molar-refractivity contribution >= 4 is 33.0 Å². The molecular weight excluding hydrogens is 668 g/mol. The molecule has 0 atom stereocenters. The minimum Gasteiger partial charge on any atom is -0.493 e. The summed E-state index contributed by atoms with van der Waals surface area (Å²) in [5, 5.41) is 8.11. The van der Waals surface area contributed by atoms with Crippen molar-refractivity contribution in [1.29, 1.82) is 0 Å². The lowest BCUT2D eigenvalue weighted by atomic mass is 9.97. The molecule has 0 saturated heterocycles. The molecule has 0 bridgehead atoms. The van der Waals surface area contributed by atoms with E-state index in [-0.39, 0.29) is 26.6 Å². The van der Waals surface area contributed by atoms with E-state index in [2.05, 4.69) is 10.2 Å². The molecule has 5 rings (SSSR count). The Bertz CT molecular complexity index is 2050. The minimum atomic E-state index is -4.62. The maximum Gasteiger partial charge on any atom is 0.408 e. The van der Waals surface area contributed by atoms with Crippen LogP contribution in [0.1, 0.15) is 5.56 Å². The largest absolute Gasteiger partial charge is 0.493 e. The summed E-state index contributed by atoms with van der Waals surface area (Å²) in [6, 6.07) is 21.3. The first-order valence-corrected chi connectivity index (χ1v) is 15.9. The van der Waals surface area contributed by atoms with Crippen LogP contribution in [0.3, 0.4) is 0 Å². The van der Waals surface area contributed by atoms with Crippen LogP contribution in [-0.4, -0.2) is 47.5 Å². The summed E-state index contributed by atoms with van der Waals surface area (Å²) >= 11 is 11.7. The van der Waals surface area contributed by atoms with Gasteiger partial charge in [-0.2, -0.15) is 23.4 Å². The second-order valence-corrected chi connectivity index (χ2v) is 12.6. The molecule has 9 nitrogen and oxygen atoms in total. The van der Waals surface area contributed by atoms with Crippen LogP contribution >= 0.6 is 23.2 Å². The van der Waals surface area contributed by atoms with Crippen molar-refractivity contribution in [1.82, 2.24) is 19.6 Å². The highest BCUT2D eigenvalue weighted by atomic mass is 35.5. The number of aromatic nitrogens is 4. The number of hydrogen-bond donors (Lipinski definition) is 0. The number of benzene rings is 3. The van der Waals surface area contributed by atoms with Crippen LogP contribution in [0.5, 0.6) is 5.75 Å². The van der Waals surface area contributed by atoms with Crippen LogP contribution in [0.25, 0.3) is 22.3 Å². The number of nitrogens with zero attached hydrogens (tertiary/aromatic N) is 4. The average Bonchev–Trinajstić information content (AvgIpc) is 3.01. The van der Waals surface area contributed by atoms with E-state index in [1.165, 1.54) is 66.5 Å². The van der Waals surface area contributed by atoms with Crippen molar-refractivity contribution < 1.29 is 26.3 Å². The molecule has 0 aliphatic rings. The Balaban J connectivity index is 0.000000240. The highest BCUT2D eigenvalue weighted by molar-refractivity contribution is 7.90. The molecule has 0 fully saturated rings. The molecule has 0 spiro atoms. The van der Waals surface area contributed by atoms with E-state index in [1.807, 2.05) is 30.3 Å². The molecule has 0 radical (unpaired) electrons. The van der Waals surface area contributed by atoms with Crippen molar-refractivity contribution in [3.05, 3.63) is 128 Å². The maximum atomic E-state index is 12.8. The maximum absolute atomic E-state index is 12.8. The van der Waals surface area contributed by atoms with Crippen molar-refractivity contribution in [3.63, 3.8) is 0 Å². The van der Waals surface area contributed by atoms with Gasteiger partial charge in [0, 0.05) is 16.8 Å². The van der Waals surface area contributed by atoms with Gasteiger partial charge in [0.1, 0.15) is 6.54 Å². The molecule has 0 saturated carbocycles. The highest BCUT2D eigenvalue weighted by Crippen LogP contribution is 2.31. The smallest absolute Gasteiger partial charge is 0.408 e. The summed E-state index contributed by atoms with van der Waals surface area (Å²) in [5.41, 5.74) is 0.794. The molecular formula is C31H25Cl2F3N4O5S. The number of alkyl halides is 3. The predicted octanol–water partition coefficient (Wildman–Crippen LogP) is 6.15. The van der Waals surface area contributed by atoms with Gasteiger partial charge in [-0.1, -0.05) is 77.8 Å². The average molecular weight is 694 g/mol. The normalized spacial score (nSPS) is 11.5. The first-order valence-electron chi connectivity index (χ1n) is 13.2. The molecule has 0 amide bonds. The Hall–Kier alpha value is -4.46. The van der Waals surface area contributed by atoms with Gasteiger partial charge in [0.2, 0.25) is 0 Å². The van der Waals surface area contributed by atoms with E-state index in [1.54, 1.807) is 0 Å². The molecule has 0 aliphatic heterocycles. The second-order valence-electron chi connectivity index (χ2n) is 9.79. The van der Waals surface area contributed by atoms with Crippen LogP contribution in [0.4, 0.5) is 13.2 Å². The van der Waals surface area contributed by atoms with Gasteiger partial charge in [-0.15, -0.1) is 0 Å². The third kappa shape index (κ3) is 8.62. The Morgan fingerprint density at radius 2 is 1.39 bits per heavy atom. The van der Waals surface area contributed by atoms with E-state index in [0.717, 1.165) is 18.0 Å². The van der Waals surface area contributed by atoms with E-state index >= 15 is 0 Å². The number of halogens is 5.